The number of carbonyl (C=O) groups is 2. The SMILES string of the molecule is O=C(NCCOC(=O)c1sc2ccccc2c1Cl)c1sc2ccccc2c1Cl. The number of fused-ring (bicyclic) bond motifs is 2. The topological polar surface area (TPSA) is 55.4 Å². The molecule has 0 fully saturated rings. The molecule has 4 rings (SSSR count). The van der Waals surface area contributed by atoms with Crippen LogP contribution in [-0.4, -0.2) is 25.0 Å². The number of thiophene rings is 2. The Morgan fingerprint density at radius 3 is 2.00 bits per heavy atom. The van der Waals surface area contributed by atoms with Crippen LogP contribution in [0.15, 0.2) is 48.5 Å². The van der Waals surface area contributed by atoms with Gasteiger partial charge in [0.25, 0.3) is 5.91 Å². The Bertz CT molecular complexity index is 1100. The van der Waals surface area contributed by atoms with E-state index in [9.17, 15) is 9.59 Å². The van der Waals surface area contributed by atoms with Gasteiger partial charge in [0.15, 0.2) is 0 Å². The molecule has 0 radical (unpaired) electrons. The number of rotatable bonds is 5. The summed E-state index contributed by atoms with van der Waals surface area (Å²) in [6, 6.07) is 15.1. The van der Waals surface area contributed by atoms with Gasteiger partial charge in [0, 0.05) is 20.2 Å². The van der Waals surface area contributed by atoms with E-state index in [1.807, 2.05) is 48.5 Å². The molecule has 1 N–H and O–H groups in total. The van der Waals surface area contributed by atoms with Crippen LogP contribution in [-0.2, 0) is 4.74 Å². The minimum absolute atomic E-state index is 0.0393. The Balaban J connectivity index is 1.36. The average Bonchev–Trinajstić information content (AvgIpc) is 3.23. The molecule has 4 aromatic rings. The Kier molecular flexibility index (Phi) is 5.55. The summed E-state index contributed by atoms with van der Waals surface area (Å²) in [7, 11) is 0. The number of carbonyl (C=O) groups excluding carboxylic acids is 2. The van der Waals surface area contributed by atoms with Crippen LogP contribution < -0.4 is 5.32 Å². The molecule has 2 aromatic heterocycles. The fourth-order valence-electron chi connectivity index (χ4n) is 2.76. The van der Waals surface area contributed by atoms with Crippen LogP contribution in [0.4, 0.5) is 0 Å². The van der Waals surface area contributed by atoms with Gasteiger partial charge in [0.1, 0.15) is 16.4 Å². The lowest BCUT2D eigenvalue weighted by Crippen LogP contribution is -2.27. The quantitative estimate of drug-likeness (QED) is 0.299. The summed E-state index contributed by atoms with van der Waals surface area (Å²) in [4.78, 5) is 25.5. The molecule has 0 spiro atoms. The number of esters is 1. The number of nitrogens with one attached hydrogen (secondary N) is 1. The van der Waals surface area contributed by atoms with Crippen molar-refractivity contribution < 1.29 is 14.3 Å². The van der Waals surface area contributed by atoms with Crippen LogP contribution in [0.3, 0.4) is 0 Å². The van der Waals surface area contributed by atoms with E-state index < -0.39 is 5.97 Å². The number of hydrogen-bond donors (Lipinski definition) is 1. The maximum absolute atomic E-state index is 12.4. The molecule has 4 nitrogen and oxygen atoms in total. The number of benzene rings is 2. The first kappa shape index (κ1) is 19.2. The van der Waals surface area contributed by atoms with Crippen molar-refractivity contribution in [3.63, 3.8) is 0 Å². The molecular weight excluding hydrogens is 437 g/mol. The van der Waals surface area contributed by atoms with Crippen molar-refractivity contribution in [3.05, 3.63) is 68.3 Å². The molecule has 0 bridgehead atoms. The van der Waals surface area contributed by atoms with Crippen molar-refractivity contribution in [1.82, 2.24) is 5.32 Å². The van der Waals surface area contributed by atoms with Crippen molar-refractivity contribution in [2.45, 2.75) is 0 Å². The molecule has 0 aliphatic heterocycles. The third kappa shape index (κ3) is 3.61. The van der Waals surface area contributed by atoms with E-state index in [0.29, 0.717) is 19.8 Å². The summed E-state index contributed by atoms with van der Waals surface area (Å²) >= 11 is 15.2. The molecule has 2 heterocycles. The Hall–Kier alpha value is -2.12. The number of amides is 1. The van der Waals surface area contributed by atoms with Crippen LogP contribution in [0.1, 0.15) is 19.3 Å². The third-order valence-electron chi connectivity index (χ3n) is 4.08. The first-order valence-electron chi connectivity index (χ1n) is 8.35. The number of ether oxygens (including phenoxy) is 1. The third-order valence-corrected chi connectivity index (χ3v) is 7.41. The van der Waals surface area contributed by atoms with Gasteiger partial charge in [-0.15, -0.1) is 22.7 Å². The lowest BCUT2D eigenvalue weighted by molar-refractivity contribution is 0.0509. The summed E-state index contributed by atoms with van der Waals surface area (Å²) in [6.07, 6.45) is 0. The smallest absolute Gasteiger partial charge is 0.349 e. The maximum atomic E-state index is 12.4. The van der Waals surface area contributed by atoms with Gasteiger partial charge >= 0.3 is 5.97 Å². The predicted octanol–water partition coefficient (Wildman–Crippen LogP) is 6.01. The van der Waals surface area contributed by atoms with E-state index in [0.717, 1.165) is 20.2 Å². The molecule has 0 atom stereocenters. The maximum Gasteiger partial charge on any atom is 0.349 e. The molecule has 0 unspecified atom stereocenters. The van der Waals surface area contributed by atoms with E-state index in [1.165, 1.54) is 22.7 Å². The van der Waals surface area contributed by atoms with Crippen molar-refractivity contribution in [2.24, 2.45) is 0 Å². The number of hydrogen-bond acceptors (Lipinski definition) is 5. The van der Waals surface area contributed by atoms with E-state index in [-0.39, 0.29) is 19.1 Å². The minimum Gasteiger partial charge on any atom is -0.460 e. The zero-order valence-electron chi connectivity index (χ0n) is 14.3. The van der Waals surface area contributed by atoms with Gasteiger partial charge < -0.3 is 10.1 Å². The van der Waals surface area contributed by atoms with Crippen LogP contribution in [0.5, 0.6) is 0 Å². The molecule has 1 amide bonds. The van der Waals surface area contributed by atoms with E-state index in [2.05, 4.69) is 5.32 Å². The molecule has 2 aromatic carbocycles. The number of halogens is 2. The van der Waals surface area contributed by atoms with Crippen molar-refractivity contribution in [2.75, 3.05) is 13.2 Å². The van der Waals surface area contributed by atoms with E-state index in [4.69, 9.17) is 27.9 Å². The Labute approximate surface area is 178 Å². The largest absolute Gasteiger partial charge is 0.460 e. The second-order valence-electron chi connectivity index (χ2n) is 5.87. The van der Waals surface area contributed by atoms with Crippen LogP contribution >= 0.6 is 45.9 Å². The zero-order chi connectivity index (χ0) is 19.7. The standard InChI is InChI=1S/C20H13Cl2NO3S2/c21-15-11-5-1-3-7-13(11)27-17(15)19(24)23-9-10-26-20(25)18-16(22)12-6-2-4-8-14(12)28-18/h1-8H,9-10H2,(H,23,24). The van der Waals surface area contributed by atoms with Gasteiger partial charge in [0.05, 0.1) is 16.6 Å². The lowest BCUT2D eigenvalue weighted by Gasteiger charge is -2.05. The van der Waals surface area contributed by atoms with E-state index >= 15 is 0 Å². The average molecular weight is 450 g/mol. The van der Waals surface area contributed by atoms with Crippen LogP contribution in [0, 0.1) is 0 Å². The summed E-state index contributed by atoms with van der Waals surface area (Å²) in [6.45, 7) is 0.218. The minimum atomic E-state index is -0.500. The van der Waals surface area contributed by atoms with Gasteiger partial charge in [-0.1, -0.05) is 59.6 Å². The van der Waals surface area contributed by atoms with Crippen molar-refractivity contribution in [3.8, 4) is 0 Å². The summed E-state index contributed by atoms with van der Waals surface area (Å²) in [5.74, 6) is -0.789. The van der Waals surface area contributed by atoms with Gasteiger partial charge in [0.2, 0.25) is 0 Å². The summed E-state index contributed by atoms with van der Waals surface area (Å²) in [5.41, 5.74) is 0. The highest BCUT2D eigenvalue weighted by atomic mass is 35.5. The molecule has 0 aliphatic rings. The van der Waals surface area contributed by atoms with Gasteiger partial charge in [-0.05, 0) is 12.1 Å². The Morgan fingerprint density at radius 2 is 1.39 bits per heavy atom. The molecule has 28 heavy (non-hydrogen) atoms. The molecular formula is C20H13Cl2NO3S2. The molecule has 0 saturated heterocycles. The fraction of sp³-hybridized carbons (Fsp3) is 0.100. The normalized spacial score (nSPS) is 11.1. The molecule has 142 valence electrons. The van der Waals surface area contributed by atoms with Gasteiger partial charge in [-0.2, -0.15) is 0 Å². The first-order chi connectivity index (χ1) is 13.6. The highest BCUT2D eigenvalue weighted by Crippen LogP contribution is 2.36. The second kappa shape index (κ2) is 8.09. The molecule has 0 saturated carbocycles. The van der Waals surface area contributed by atoms with Crippen LogP contribution in [0.2, 0.25) is 10.0 Å². The lowest BCUT2D eigenvalue weighted by atomic mass is 10.2. The highest BCUT2D eigenvalue weighted by Gasteiger charge is 2.19. The highest BCUT2D eigenvalue weighted by molar-refractivity contribution is 7.22. The fourth-order valence-corrected chi connectivity index (χ4v) is 5.59. The Morgan fingerprint density at radius 1 is 0.857 bits per heavy atom. The second-order valence-corrected chi connectivity index (χ2v) is 8.73. The monoisotopic (exact) mass is 449 g/mol. The first-order valence-corrected chi connectivity index (χ1v) is 10.7. The van der Waals surface area contributed by atoms with E-state index in [1.54, 1.807) is 0 Å². The van der Waals surface area contributed by atoms with Gasteiger partial charge in [-0.3, -0.25) is 4.79 Å². The summed E-state index contributed by atoms with van der Waals surface area (Å²) < 4.78 is 7.13. The van der Waals surface area contributed by atoms with Gasteiger partial charge in [-0.25, -0.2) is 4.79 Å². The zero-order valence-corrected chi connectivity index (χ0v) is 17.5. The molecule has 0 aliphatic carbocycles. The van der Waals surface area contributed by atoms with Crippen molar-refractivity contribution in [1.29, 1.82) is 0 Å². The van der Waals surface area contributed by atoms with Crippen LogP contribution in [0.25, 0.3) is 20.2 Å². The summed E-state index contributed by atoms with van der Waals surface area (Å²) in [5, 5.41) is 5.24. The molecule has 8 heteroatoms. The van der Waals surface area contributed by atoms with Crippen molar-refractivity contribution >= 4 is 77.9 Å². The predicted molar refractivity (Wildman–Crippen MR) is 116 cm³/mol.